The van der Waals surface area contributed by atoms with E-state index in [4.69, 9.17) is 16.1 Å². The van der Waals surface area contributed by atoms with Gasteiger partial charge in [-0.3, -0.25) is 23.5 Å². The van der Waals surface area contributed by atoms with Crippen LogP contribution in [0.2, 0.25) is 5.02 Å². The fourth-order valence-electron chi connectivity index (χ4n) is 2.22. The molecule has 1 N–H and O–H groups in total. The Kier molecular flexibility index (Phi) is 4.53. The largest absolute Gasteiger partial charge is 0.360 e. The normalized spacial score (nSPS) is 10.6. The SMILES string of the molecule is Cc1cc(NC(=O)Cn2ccn(-c3cccc(Cl)c3)c(=O)c2=O)no1. The van der Waals surface area contributed by atoms with Gasteiger partial charge in [0.25, 0.3) is 0 Å². The lowest BCUT2D eigenvalue weighted by atomic mass is 10.3. The topological polar surface area (TPSA) is 99.1 Å². The molecule has 0 aliphatic rings. The van der Waals surface area contributed by atoms with Crippen LogP contribution in [0.3, 0.4) is 0 Å². The molecule has 25 heavy (non-hydrogen) atoms. The zero-order valence-corrected chi connectivity index (χ0v) is 13.9. The molecule has 3 rings (SSSR count). The molecule has 0 spiro atoms. The summed E-state index contributed by atoms with van der Waals surface area (Å²) in [5, 5.41) is 6.55. The van der Waals surface area contributed by atoms with Gasteiger partial charge < -0.3 is 9.84 Å². The molecule has 8 nitrogen and oxygen atoms in total. The van der Waals surface area contributed by atoms with Crippen LogP contribution < -0.4 is 16.4 Å². The van der Waals surface area contributed by atoms with Gasteiger partial charge in [0.05, 0.1) is 5.69 Å². The zero-order valence-electron chi connectivity index (χ0n) is 13.1. The van der Waals surface area contributed by atoms with Gasteiger partial charge in [-0.1, -0.05) is 22.8 Å². The van der Waals surface area contributed by atoms with Crippen LogP contribution in [-0.2, 0) is 11.3 Å². The summed E-state index contributed by atoms with van der Waals surface area (Å²) in [5.41, 5.74) is -1.15. The molecule has 1 aromatic carbocycles. The fraction of sp³-hybridized carbons (Fsp3) is 0.125. The van der Waals surface area contributed by atoms with Crippen LogP contribution >= 0.6 is 11.6 Å². The Hall–Kier alpha value is -3.13. The molecule has 0 radical (unpaired) electrons. The summed E-state index contributed by atoms with van der Waals surface area (Å²) in [6.45, 7) is 1.36. The van der Waals surface area contributed by atoms with E-state index in [0.29, 0.717) is 16.5 Å². The highest BCUT2D eigenvalue weighted by Crippen LogP contribution is 2.12. The third-order valence-corrected chi connectivity index (χ3v) is 3.59. The van der Waals surface area contributed by atoms with Crippen molar-refractivity contribution >= 4 is 23.3 Å². The third-order valence-electron chi connectivity index (χ3n) is 3.35. The Bertz CT molecular complexity index is 1050. The summed E-state index contributed by atoms with van der Waals surface area (Å²) in [5.74, 6) is 0.273. The molecule has 0 unspecified atom stereocenters. The number of aryl methyl sites for hydroxylation is 1. The summed E-state index contributed by atoms with van der Waals surface area (Å²) < 4.78 is 7.03. The van der Waals surface area contributed by atoms with Crippen molar-refractivity contribution in [1.29, 1.82) is 0 Å². The number of nitrogens with zero attached hydrogens (tertiary/aromatic N) is 3. The van der Waals surface area contributed by atoms with Crippen molar-refractivity contribution in [2.75, 3.05) is 5.32 Å². The molecular formula is C16H13ClN4O4. The Labute approximate surface area is 146 Å². The Morgan fingerprint density at radius 3 is 2.72 bits per heavy atom. The molecule has 0 saturated carbocycles. The van der Waals surface area contributed by atoms with E-state index < -0.39 is 17.0 Å². The second-order valence-corrected chi connectivity index (χ2v) is 5.69. The second kappa shape index (κ2) is 6.78. The summed E-state index contributed by atoms with van der Waals surface area (Å²) in [6.07, 6.45) is 2.77. The Morgan fingerprint density at radius 2 is 2.04 bits per heavy atom. The van der Waals surface area contributed by atoms with E-state index in [0.717, 1.165) is 4.57 Å². The molecule has 1 amide bonds. The minimum Gasteiger partial charge on any atom is -0.360 e. The van der Waals surface area contributed by atoms with Crippen molar-refractivity contribution in [3.05, 3.63) is 74.2 Å². The highest BCUT2D eigenvalue weighted by Gasteiger charge is 2.11. The number of halogens is 1. The molecule has 2 aromatic heterocycles. The van der Waals surface area contributed by atoms with Crippen LogP contribution in [0.25, 0.3) is 5.69 Å². The first-order chi connectivity index (χ1) is 11.9. The van der Waals surface area contributed by atoms with Crippen molar-refractivity contribution in [2.24, 2.45) is 0 Å². The van der Waals surface area contributed by atoms with E-state index in [-0.39, 0.29) is 12.4 Å². The van der Waals surface area contributed by atoms with E-state index in [2.05, 4.69) is 10.5 Å². The van der Waals surface area contributed by atoms with Crippen LogP contribution in [0.1, 0.15) is 5.76 Å². The molecule has 3 aromatic rings. The molecule has 9 heteroatoms. The molecule has 128 valence electrons. The van der Waals surface area contributed by atoms with E-state index in [1.807, 2.05) is 0 Å². The highest BCUT2D eigenvalue weighted by atomic mass is 35.5. The number of anilines is 1. The van der Waals surface area contributed by atoms with Gasteiger partial charge in [-0.2, -0.15) is 0 Å². The minimum atomic E-state index is -0.825. The number of amides is 1. The van der Waals surface area contributed by atoms with Gasteiger partial charge >= 0.3 is 11.1 Å². The number of nitrogens with one attached hydrogen (secondary N) is 1. The molecule has 0 fully saturated rings. The quantitative estimate of drug-likeness (QED) is 0.712. The zero-order chi connectivity index (χ0) is 18.0. The van der Waals surface area contributed by atoms with Crippen molar-refractivity contribution < 1.29 is 9.32 Å². The first-order valence-electron chi connectivity index (χ1n) is 7.25. The van der Waals surface area contributed by atoms with Gasteiger partial charge in [0.2, 0.25) is 5.91 Å². The average molecular weight is 361 g/mol. The molecule has 0 atom stereocenters. The Morgan fingerprint density at radius 1 is 1.24 bits per heavy atom. The van der Waals surface area contributed by atoms with Crippen molar-refractivity contribution in [3.8, 4) is 5.69 Å². The standard InChI is InChI=1S/C16H13ClN4O4/c1-10-7-13(19-25-10)18-14(22)9-20-5-6-21(16(24)15(20)23)12-4-2-3-11(17)8-12/h2-8H,9H2,1H3,(H,18,19,22). The number of hydrogen-bond donors (Lipinski definition) is 1. The molecule has 0 saturated heterocycles. The average Bonchev–Trinajstić information content (AvgIpc) is 2.97. The number of carbonyl (C=O) groups excluding carboxylic acids is 1. The first kappa shape index (κ1) is 16.7. The summed E-state index contributed by atoms with van der Waals surface area (Å²) in [4.78, 5) is 36.5. The number of benzene rings is 1. The predicted octanol–water partition coefficient (Wildman–Crippen LogP) is 1.59. The summed E-state index contributed by atoms with van der Waals surface area (Å²) in [6, 6.07) is 8.08. The molecule has 2 heterocycles. The van der Waals surface area contributed by atoms with Crippen LogP contribution in [-0.4, -0.2) is 20.2 Å². The van der Waals surface area contributed by atoms with Crippen LogP contribution in [0.15, 0.2) is 56.8 Å². The van der Waals surface area contributed by atoms with Gasteiger partial charge in [0.1, 0.15) is 12.3 Å². The van der Waals surface area contributed by atoms with Crippen molar-refractivity contribution in [2.45, 2.75) is 13.5 Å². The molecule has 0 bridgehead atoms. The smallest absolute Gasteiger partial charge is 0.320 e. The van der Waals surface area contributed by atoms with Crippen molar-refractivity contribution in [3.63, 3.8) is 0 Å². The van der Waals surface area contributed by atoms with Gasteiger partial charge in [-0.05, 0) is 25.1 Å². The number of rotatable bonds is 4. The first-order valence-corrected chi connectivity index (χ1v) is 7.63. The maximum Gasteiger partial charge on any atom is 0.320 e. The van der Waals surface area contributed by atoms with E-state index in [1.54, 1.807) is 31.2 Å². The number of hydrogen-bond acceptors (Lipinski definition) is 5. The van der Waals surface area contributed by atoms with Gasteiger partial charge in [-0.15, -0.1) is 0 Å². The maximum atomic E-state index is 12.3. The lowest BCUT2D eigenvalue weighted by molar-refractivity contribution is -0.116. The van der Waals surface area contributed by atoms with E-state index in [9.17, 15) is 14.4 Å². The summed E-state index contributed by atoms with van der Waals surface area (Å²) in [7, 11) is 0. The minimum absolute atomic E-state index is 0.239. The molecule has 0 aliphatic carbocycles. The van der Waals surface area contributed by atoms with Gasteiger partial charge in [0, 0.05) is 23.5 Å². The maximum absolute atomic E-state index is 12.3. The van der Waals surface area contributed by atoms with E-state index in [1.165, 1.54) is 23.0 Å². The molecular weight excluding hydrogens is 348 g/mol. The van der Waals surface area contributed by atoms with Crippen LogP contribution in [0, 0.1) is 6.92 Å². The van der Waals surface area contributed by atoms with E-state index >= 15 is 0 Å². The summed E-state index contributed by atoms with van der Waals surface area (Å²) >= 11 is 5.90. The highest BCUT2D eigenvalue weighted by molar-refractivity contribution is 6.30. The van der Waals surface area contributed by atoms with Gasteiger partial charge in [0.15, 0.2) is 5.82 Å². The van der Waals surface area contributed by atoms with Crippen LogP contribution in [0.4, 0.5) is 5.82 Å². The second-order valence-electron chi connectivity index (χ2n) is 5.26. The molecule has 0 aliphatic heterocycles. The number of carbonyl (C=O) groups is 1. The van der Waals surface area contributed by atoms with Crippen molar-refractivity contribution in [1.82, 2.24) is 14.3 Å². The monoisotopic (exact) mass is 360 g/mol. The fourth-order valence-corrected chi connectivity index (χ4v) is 2.41. The predicted molar refractivity (Wildman–Crippen MR) is 91.2 cm³/mol. The Balaban J connectivity index is 1.84. The van der Waals surface area contributed by atoms with Crippen LogP contribution in [0.5, 0.6) is 0 Å². The number of aromatic nitrogens is 3. The third kappa shape index (κ3) is 3.69. The van der Waals surface area contributed by atoms with Gasteiger partial charge in [-0.25, -0.2) is 0 Å². The lowest BCUT2D eigenvalue weighted by Crippen LogP contribution is -2.41. The lowest BCUT2D eigenvalue weighted by Gasteiger charge is -2.09.